The van der Waals surface area contributed by atoms with Gasteiger partial charge in [-0.3, -0.25) is 4.79 Å². The highest BCUT2D eigenvalue weighted by molar-refractivity contribution is 5.73. The Morgan fingerprint density at radius 1 is 1.24 bits per heavy atom. The minimum Gasteiger partial charge on any atom is -0.550 e. The summed E-state index contributed by atoms with van der Waals surface area (Å²) in [5, 5.41) is 10.7. The van der Waals surface area contributed by atoms with Crippen molar-refractivity contribution >= 4 is 11.9 Å². The Morgan fingerprint density at radius 2 is 1.88 bits per heavy atom. The molecule has 0 saturated heterocycles. The summed E-state index contributed by atoms with van der Waals surface area (Å²) in [6.45, 7) is 2.01. The minimum atomic E-state index is -1.16. The normalized spacial score (nSPS) is 11.8. The monoisotopic (exact) mass is 235 g/mol. The van der Waals surface area contributed by atoms with Crippen LogP contribution >= 0.6 is 0 Å². The second-order valence-electron chi connectivity index (χ2n) is 3.69. The number of aliphatic carboxylic acids is 1. The van der Waals surface area contributed by atoms with Gasteiger partial charge in [-0.15, -0.1) is 0 Å². The molecule has 4 heteroatoms. The SMILES string of the molecule is CCOC(=O)CC(CC(=O)[O-])c1ccccc1. The molecule has 1 rings (SSSR count). The maximum atomic E-state index is 11.4. The number of carboxylic acid groups (broad SMARTS) is 1. The first-order chi connectivity index (χ1) is 8.13. The third-order valence-corrected chi connectivity index (χ3v) is 2.40. The summed E-state index contributed by atoms with van der Waals surface area (Å²) in [4.78, 5) is 22.0. The van der Waals surface area contributed by atoms with Gasteiger partial charge in [-0.2, -0.15) is 0 Å². The van der Waals surface area contributed by atoms with Crippen molar-refractivity contribution in [3.05, 3.63) is 35.9 Å². The number of carbonyl (C=O) groups is 2. The van der Waals surface area contributed by atoms with Crippen molar-refractivity contribution in [2.75, 3.05) is 6.61 Å². The van der Waals surface area contributed by atoms with E-state index < -0.39 is 5.97 Å². The van der Waals surface area contributed by atoms with Crippen LogP contribution in [0.3, 0.4) is 0 Å². The van der Waals surface area contributed by atoms with E-state index in [2.05, 4.69) is 0 Å². The number of ether oxygens (including phenoxy) is 1. The zero-order chi connectivity index (χ0) is 12.7. The molecule has 4 nitrogen and oxygen atoms in total. The summed E-state index contributed by atoms with van der Waals surface area (Å²) in [7, 11) is 0. The second kappa shape index (κ2) is 6.68. The lowest BCUT2D eigenvalue weighted by atomic mass is 9.93. The number of esters is 1. The van der Waals surface area contributed by atoms with Crippen LogP contribution in [0.15, 0.2) is 30.3 Å². The Morgan fingerprint density at radius 3 is 2.41 bits per heavy atom. The number of rotatable bonds is 6. The van der Waals surface area contributed by atoms with E-state index in [1.807, 2.05) is 18.2 Å². The van der Waals surface area contributed by atoms with E-state index in [4.69, 9.17) is 4.74 Å². The zero-order valence-corrected chi connectivity index (χ0v) is 9.72. The molecule has 0 aliphatic carbocycles. The van der Waals surface area contributed by atoms with Crippen LogP contribution in [-0.4, -0.2) is 18.5 Å². The molecule has 0 radical (unpaired) electrons. The topological polar surface area (TPSA) is 66.4 Å². The minimum absolute atomic E-state index is 0.0613. The van der Waals surface area contributed by atoms with Crippen LogP contribution in [-0.2, 0) is 14.3 Å². The highest BCUT2D eigenvalue weighted by Crippen LogP contribution is 2.23. The summed E-state index contributed by atoms with van der Waals surface area (Å²) in [6, 6.07) is 9.05. The van der Waals surface area contributed by atoms with Crippen LogP contribution in [0.1, 0.15) is 31.2 Å². The highest BCUT2D eigenvalue weighted by atomic mass is 16.5. The maximum Gasteiger partial charge on any atom is 0.306 e. The molecule has 0 aromatic heterocycles. The molecule has 92 valence electrons. The fourth-order valence-electron chi connectivity index (χ4n) is 1.66. The van der Waals surface area contributed by atoms with Crippen LogP contribution in [0, 0.1) is 0 Å². The van der Waals surface area contributed by atoms with Gasteiger partial charge in [0.15, 0.2) is 0 Å². The molecule has 0 aliphatic heterocycles. The van der Waals surface area contributed by atoms with E-state index in [-0.39, 0.29) is 24.7 Å². The Kier molecular flexibility index (Phi) is 5.20. The Bertz CT molecular complexity index is 372. The molecular formula is C13H15O4-. The fraction of sp³-hybridized carbons (Fsp3) is 0.385. The summed E-state index contributed by atoms with van der Waals surface area (Å²) in [6.07, 6.45) is -0.116. The van der Waals surface area contributed by atoms with E-state index in [1.165, 1.54) is 0 Å². The molecule has 0 bridgehead atoms. The van der Waals surface area contributed by atoms with Crippen molar-refractivity contribution in [1.82, 2.24) is 0 Å². The number of benzene rings is 1. The van der Waals surface area contributed by atoms with Gasteiger partial charge in [-0.05, 0) is 24.8 Å². The lowest BCUT2D eigenvalue weighted by Gasteiger charge is -2.16. The molecule has 1 aromatic rings. The summed E-state index contributed by atoms with van der Waals surface area (Å²) in [5.74, 6) is -1.94. The number of carbonyl (C=O) groups excluding carboxylic acids is 2. The molecule has 0 heterocycles. The van der Waals surface area contributed by atoms with Crippen molar-refractivity contribution in [3.63, 3.8) is 0 Å². The van der Waals surface area contributed by atoms with Gasteiger partial charge in [0.05, 0.1) is 13.0 Å². The first kappa shape index (κ1) is 13.2. The standard InChI is InChI=1S/C13H16O4/c1-2-17-13(16)9-11(8-12(14)15)10-6-4-3-5-7-10/h3-7,11H,2,8-9H2,1H3,(H,14,15)/p-1. The average molecular weight is 235 g/mol. The van der Waals surface area contributed by atoms with Crippen molar-refractivity contribution in [1.29, 1.82) is 0 Å². The molecule has 1 aromatic carbocycles. The fourth-order valence-corrected chi connectivity index (χ4v) is 1.66. The third kappa shape index (κ3) is 4.68. The summed E-state index contributed by atoms with van der Waals surface area (Å²) in [5.41, 5.74) is 0.810. The summed E-state index contributed by atoms with van der Waals surface area (Å²) >= 11 is 0. The predicted octanol–water partition coefficient (Wildman–Crippen LogP) is 0.863. The second-order valence-corrected chi connectivity index (χ2v) is 3.69. The Balaban J connectivity index is 2.74. The van der Waals surface area contributed by atoms with Gasteiger partial charge in [-0.25, -0.2) is 0 Å². The molecule has 0 N–H and O–H groups in total. The number of hydrogen-bond donors (Lipinski definition) is 0. The molecule has 17 heavy (non-hydrogen) atoms. The van der Waals surface area contributed by atoms with Gasteiger partial charge >= 0.3 is 5.97 Å². The average Bonchev–Trinajstić information content (AvgIpc) is 2.29. The van der Waals surface area contributed by atoms with Crippen LogP contribution in [0.2, 0.25) is 0 Å². The Hall–Kier alpha value is -1.84. The molecule has 1 unspecified atom stereocenters. The van der Waals surface area contributed by atoms with E-state index >= 15 is 0 Å². The van der Waals surface area contributed by atoms with Crippen LogP contribution < -0.4 is 5.11 Å². The molecule has 1 atom stereocenters. The van der Waals surface area contributed by atoms with Gasteiger partial charge in [0.1, 0.15) is 0 Å². The van der Waals surface area contributed by atoms with Crippen LogP contribution in [0.4, 0.5) is 0 Å². The van der Waals surface area contributed by atoms with Gasteiger partial charge < -0.3 is 14.6 Å². The third-order valence-electron chi connectivity index (χ3n) is 2.40. The molecule has 0 amide bonds. The predicted molar refractivity (Wildman–Crippen MR) is 60.1 cm³/mol. The van der Waals surface area contributed by atoms with Crippen LogP contribution in [0.25, 0.3) is 0 Å². The van der Waals surface area contributed by atoms with Gasteiger partial charge in [0, 0.05) is 5.97 Å². The highest BCUT2D eigenvalue weighted by Gasteiger charge is 2.16. The number of carboxylic acids is 1. The van der Waals surface area contributed by atoms with E-state index in [0.717, 1.165) is 5.56 Å². The lowest BCUT2D eigenvalue weighted by molar-refractivity contribution is -0.306. The maximum absolute atomic E-state index is 11.4. The van der Waals surface area contributed by atoms with E-state index in [0.29, 0.717) is 6.61 Å². The first-order valence-corrected chi connectivity index (χ1v) is 5.54. The van der Waals surface area contributed by atoms with Crippen molar-refractivity contribution in [2.45, 2.75) is 25.7 Å². The van der Waals surface area contributed by atoms with Crippen molar-refractivity contribution < 1.29 is 19.4 Å². The molecule has 0 fully saturated rings. The van der Waals surface area contributed by atoms with Crippen molar-refractivity contribution in [2.24, 2.45) is 0 Å². The zero-order valence-electron chi connectivity index (χ0n) is 9.72. The Labute approximate surface area is 100 Å². The first-order valence-electron chi connectivity index (χ1n) is 5.54. The van der Waals surface area contributed by atoms with Gasteiger partial charge in [0.25, 0.3) is 0 Å². The number of hydrogen-bond acceptors (Lipinski definition) is 4. The molecule has 0 aliphatic rings. The van der Waals surface area contributed by atoms with E-state index in [9.17, 15) is 14.7 Å². The lowest BCUT2D eigenvalue weighted by Crippen LogP contribution is -2.25. The van der Waals surface area contributed by atoms with Gasteiger partial charge in [0.2, 0.25) is 0 Å². The van der Waals surface area contributed by atoms with Crippen molar-refractivity contribution in [3.8, 4) is 0 Å². The largest absolute Gasteiger partial charge is 0.550 e. The van der Waals surface area contributed by atoms with Gasteiger partial charge in [-0.1, -0.05) is 30.3 Å². The molecular weight excluding hydrogens is 220 g/mol. The van der Waals surface area contributed by atoms with E-state index in [1.54, 1.807) is 19.1 Å². The smallest absolute Gasteiger partial charge is 0.306 e. The summed E-state index contributed by atoms with van der Waals surface area (Å²) < 4.78 is 4.82. The molecule has 0 saturated carbocycles. The molecule has 0 spiro atoms. The van der Waals surface area contributed by atoms with Crippen LogP contribution in [0.5, 0.6) is 0 Å². The quantitative estimate of drug-likeness (QED) is 0.686.